The molecule has 0 radical (unpaired) electrons. The van der Waals surface area contributed by atoms with Crippen molar-refractivity contribution in [3.05, 3.63) is 54.1 Å². The van der Waals surface area contributed by atoms with Crippen LogP contribution in [-0.4, -0.2) is 33.2 Å². The van der Waals surface area contributed by atoms with Crippen molar-refractivity contribution in [2.75, 3.05) is 12.9 Å². The molecule has 0 saturated carbocycles. The summed E-state index contributed by atoms with van der Waals surface area (Å²) in [6, 6.07) is 15.3. The maximum atomic E-state index is 12.5. The molecule has 0 aliphatic carbocycles. The lowest BCUT2D eigenvalue weighted by Gasteiger charge is -2.06. The van der Waals surface area contributed by atoms with Gasteiger partial charge in [-0.05, 0) is 24.3 Å². The Labute approximate surface area is 146 Å². The quantitative estimate of drug-likeness (QED) is 0.401. The molecule has 0 fully saturated rings. The van der Waals surface area contributed by atoms with Crippen molar-refractivity contribution in [1.29, 1.82) is 0 Å². The minimum absolute atomic E-state index is 0.00809. The van der Waals surface area contributed by atoms with E-state index < -0.39 is 0 Å². The first-order valence-electron chi connectivity index (χ1n) is 7.29. The van der Waals surface area contributed by atoms with Crippen molar-refractivity contribution in [3.63, 3.8) is 0 Å². The van der Waals surface area contributed by atoms with Crippen molar-refractivity contribution in [1.82, 2.24) is 14.6 Å². The van der Waals surface area contributed by atoms with E-state index in [1.165, 1.54) is 11.8 Å². The van der Waals surface area contributed by atoms with Crippen LogP contribution in [0.5, 0.6) is 5.75 Å². The largest absolute Gasteiger partial charge is 0.496 e. The van der Waals surface area contributed by atoms with Crippen LogP contribution < -0.4 is 4.74 Å². The molecule has 0 saturated heterocycles. The molecular weight excluding hydrogens is 342 g/mol. The van der Waals surface area contributed by atoms with Crippen LogP contribution in [0.1, 0.15) is 10.4 Å². The van der Waals surface area contributed by atoms with Crippen LogP contribution >= 0.6 is 23.1 Å². The second-order valence-corrected chi connectivity index (χ2v) is 7.03. The highest BCUT2D eigenvalue weighted by Gasteiger charge is 2.16. The second-order valence-electron chi connectivity index (χ2n) is 5.08. The number of carbonyl (C=O) groups is 1. The first-order chi connectivity index (χ1) is 11.8. The highest BCUT2D eigenvalue weighted by atomic mass is 32.2. The maximum absolute atomic E-state index is 12.5. The molecule has 0 spiro atoms. The number of benzene rings is 2. The van der Waals surface area contributed by atoms with E-state index in [1.807, 2.05) is 34.7 Å². The van der Waals surface area contributed by atoms with Gasteiger partial charge in [-0.3, -0.25) is 9.20 Å². The molecule has 4 aromatic rings. The number of carbonyl (C=O) groups excluding carboxylic acids is 1. The molecule has 7 heteroatoms. The summed E-state index contributed by atoms with van der Waals surface area (Å²) in [4.78, 5) is 13.3. The zero-order chi connectivity index (χ0) is 16.5. The predicted octanol–water partition coefficient (Wildman–Crippen LogP) is 3.93. The van der Waals surface area contributed by atoms with Gasteiger partial charge in [-0.1, -0.05) is 47.4 Å². The average molecular weight is 355 g/mol. The Hall–Kier alpha value is -2.38. The number of thiazole rings is 1. The van der Waals surface area contributed by atoms with Crippen molar-refractivity contribution >= 4 is 44.1 Å². The van der Waals surface area contributed by atoms with Crippen LogP contribution in [0.2, 0.25) is 0 Å². The SMILES string of the molecule is COc1ccccc1C(=O)CSc1nnc2sc3ccccc3n12. The van der Waals surface area contributed by atoms with Crippen molar-refractivity contribution < 1.29 is 9.53 Å². The summed E-state index contributed by atoms with van der Waals surface area (Å²) in [7, 11) is 1.57. The number of fused-ring (bicyclic) bond motifs is 3. The van der Waals surface area contributed by atoms with Gasteiger partial charge < -0.3 is 4.74 Å². The third-order valence-corrected chi connectivity index (χ3v) is 5.59. The zero-order valence-corrected chi connectivity index (χ0v) is 14.4. The molecule has 24 heavy (non-hydrogen) atoms. The van der Waals surface area contributed by atoms with Crippen LogP contribution in [0.25, 0.3) is 15.2 Å². The van der Waals surface area contributed by atoms with Crippen LogP contribution in [0.4, 0.5) is 0 Å². The Bertz CT molecular complexity index is 1040. The lowest BCUT2D eigenvalue weighted by atomic mass is 10.1. The summed E-state index contributed by atoms with van der Waals surface area (Å²) in [5.74, 6) is 0.884. The molecule has 0 N–H and O–H groups in total. The summed E-state index contributed by atoms with van der Waals surface area (Å²) < 4.78 is 8.41. The number of methoxy groups -OCH3 is 1. The number of para-hydroxylation sites is 2. The van der Waals surface area contributed by atoms with Crippen LogP contribution in [-0.2, 0) is 0 Å². The fourth-order valence-electron chi connectivity index (χ4n) is 2.53. The van der Waals surface area contributed by atoms with E-state index >= 15 is 0 Å². The average Bonchev–Trinajstić information content (AvgIpc) is 3.18. The number of hydrogen-bond acceptors (Lipinski definition) is 6. The number of aromatic nitrogens is 3. The molecule has 0 aliphatic heterocycles. The molecule has 2 aromatic heterocycles. The minimum atomic E-state index is 0.00809. The predicted molar refractivity (Wildman–Crippen MR) is 96.4 cm³/mol. The second kappa shape index (κ2) is 6.26. The Morgan fingerprint density at radius 2 is 1.96 bits per heavy atom. The molecule has 0 atom stereocenters. The number of rotatable bonds is 5. The number of hydrogen-bond donors (Lipinski definition) is 0. The van der Waals surface area contributed by atoms with Gasteiger partial charge in [0, 0.05) is 0 Å². The molecular formula is C17H13N3O2S2. The number of Topliss-reactive ketones (excluding diaryl/α,β-unsaturated/α-hetero) is 1. The number of thioether (sulfide) groups is 1. The number of ketones is 1. The molecule has 0 amide bonds. The van der Waals surface area contributed by atoms with Gasteiger partial charge in [-0.25, -0.2) is 0 Å². The molecule has 0 unspecified atom stereocenters. The van der Waals surface area contributed by atoms with Crippen molar-refractivity contribution in [2.45, 2.75) is 5.16 Å². The van der Waals surface area contributed by atoms with E-state index in [-0.39, 0.29) is 11.5 Å². The van der Waals surface area contributed by atoms with Crippen LogP contribution in [0.3, 0.4) is 0 Å². The molecule has 4 rings (SSSR count). The highest BCUT2D eigenvalue weighted by Crippen LogP contribution is 2.30. The smallest absolute Gasteiger partial charge is 0.217 e. The summed E-state index contributed by atoms with van der Waals surface area (Å²) in [6.07, 6.45) is 0. The standard InChI is InChI=1S/C17H13N3O2S2/c1-22-14-8-4-2-6-11(14)13(21)10-23-16-18-19-17-20(16)12-7-3-5-9-15(12)24-17/h2-9H,10H2,1H3. The Balaban J connectivity index is 1.62. The van der Waals surface area contributed by atoms with Gasteiger partial charge in [0.25, 0.3) is 0 Å². The molecule has 5 nitrogen and oxygen atoms in total. The van der Waals surface area contributed by atoms with Gasteiger partial charge >= 0.3 is 0 Å². The van der Waals surface area contributed by atoms with Gasteiger partial charge in [0.15, 0.2) is 10.9 Å². The van der Waals surface area contributed by atoms with E-state index in [2.05, 4.69) is 16.3 Å². The topological polar surface area (TPSA) is 56.5 Å². The normalized spacial score (nSPS) is 11.2. The van der Waals surface area contributed by atoms with Crippen molar-refractivity contribution in [2.24, 2.45) is 0 Å². The molecule has 0 bridgehead atoms. The molecule has 2 heterocycles. The number of ether oxygens (including phenoxy) is 1. The molecule has 0 aliphatic rings. The van der Waals surface area contributed by atoms with Crippen LogP contribution in [0.15, 0.2) is 53.7 Å². The van der Waals surface area contributed by atoms with Gasteiger partial charge in [-0.15, -0.1) is 10.2 Å². The third-order valence-electron chi connectivity index (χ3n) is 3.65. The Kier molecular flexibility index (Phi) is 3.95. The summed E-state index contributed by atoms with van der Waals surface area (Å²) in [5, 5.41) is 9.16. The van der Waals surface area contributed by atoms with Crippen LogP contribution in [0, 0.1) is 0 Å². The molecule has 2 aromatic carbocycles. The van der Waals surface area contributed by atoms with Gasteiger partial charge in [-0.2, -0.15) is 0 Å². The highest BCUT2D eigenvalue weighted by molar-refractivity contribution is 7.99. The third kappa shape index (κ3) is 2.55. The van der Waals surface area contributed by atoms with E-state index in [1.54, 1.807) is 30.6 Å². The minimum Gasteiger partial charge on any atom is -0.496 e. The Morgan fingerprint density at radius 3 is 2.83 bits per heavy atom. The fraction of sp³-hybridized carbons (Fsp3) is 0.118. The lowest BCUT2D eigenvalue weighted by Crippen LogP contribution is -2.05. The first-order valence-corrected chi connectivity index (χ1v) is 9.10. The van der Waals surface area contributed by atoms with E-state index in [0.717, 1.165) is 20.3 Å². The van der Waals surface area contributed by atoms with E-state index in [9.17, 15) is 4.79 Å². The lowest BCUT2D eigenvalue weighted by molar-refractivity contribution is 0.101. The van der Waals surface area contributed by atoms with Gasteiger partial charge in [0.2, 0.25) is 4.96 Å². The van der Waals surface area contributed by atoms with Crippen molar-refractivity contribution in [3.8, 4) is 5.75 Å². The first kappa shape index (κ1) is 15.2. The monoisotopic (exact) mass is 355 g/mol. The fourth-order valence-corrected chi connectivity index (χ4v) is 4.38. The molecule has 120 valence electrons. The van der Waals surface area contributed by atoms with E-state index in [0.29, 0.717) is 11.3 Å². The summed E-state index contributed by atoms with van der Waals surface area (Å²) >= 11 is 2.98. The zero-order valence-electron chi connectivity index (χ0n) is 12.8. The number of nitrogens with zero attached hydrogens (tertiary/aromatic N) is 3. The van der Waals surface area contributed by atoms with E-state index in [4.69, 9.17) is 4.74 Å². The summed E-state index contributed by atoms with van der Waals surface area (Å²) in [5.41, 5.74) is 1.65. The van der Waals surface area contributed by atoms with Gasteiger partial charge in [0.05, 0.1) is 28.6 Å². The summed E-state index contributed by atoms with van der Waals surface area (Å²) in [6.45, 7) is 0. The Morgan fingerprint density at radius 1 is 1.17 bits per heavy atom. The van der Waals surface area contributed by atoms with Gasteiger partial charge in [0.1, 0.15) is 5.75 Å². The maximum Gasteiger partial charge on any atom is 0.217 e.